The average molecular weight is 290 g/mol. The fourth-order valence-electron chi connectivity index (χ4n) is 2.65. The largest absolute Gasteiger partial charge is 0.385 e. The number of likely N-dealkylation sites (tertiary alicyclic amines) is 1. The van der Waals surface area contributed by atoms with Crippen molar-refractivity contribution in [2.24, 2.45) is 0 Å². The Morgan fingerprint density at radius 1 is 1.48 bits per heavy atom. The van der Waals surface area contributed by atoms with Gasteiger partial charge >= 0.3 is 0 Å². The number of anilines is 1. The lowest BCUT2D eigenvalue weighted by molar-refractivity contribution is 0.0901. The molecule has 0 bridgehead atoms. The second-order valence-corrected chi connectivity index (χ2v) is 5.56. The highest BCUT2D eigenvalue weighted by Gasteiger charge is 2.21. The number of carbonyl (C=O) groups is 1. The van der Waals surface area contributed by atoms with Crippen LogP contribution in [0, 0.1) is 0 Å². The van der Waals surface area contributed by atoms with Crippen LogP contribution < -0.4 is 10.6 Å². The van der Waals surface area contributed by atoms with Gasteiger partial charge in [0.2, 0.25) is 0 Å². The smallest absolute Gasteiger partial charge is 0.270 e. The molecule has 1 amide bonds. The second kappa shape index (κ2) is 7.98. The predicted octanol–water partition coefficient (Wildman–Crippen LogP) is 2.12. The van der Waals surface area contributed by atoms with E-state index < -0.39 is 0 Å². The number of nitrogens with zero attached hydrogens (tertiary/aromatic N) is 2. The van der Waals surface area contributed by atoms with Gasteiger partial charge in [-0.1, -0.05) is 13.8 Å². The van der Waals surface area contributed by atoms with Crippen LogP contribution >= 0.6 is 0 Å². The highest BCUT2D eigenvalue weighted by molar-refractivity contribution is 5.93. The molecule has 1 atom stereocenters. The monoisotopic (exact) mass is 290 g/mol. The fraction of sp³-hybridized carbons (Fsp3) is 0.625. The molecule has 0 aliphatic carbocycles. The number of amides is 1. The maximum absolute atomic E-state index is 12.3. The Bertz CT molecular complexity index is 463. The average Bonchev–Trinajstić information content (AvgIpc) is 2.53. The molecule has 21 heavy (non-hydrogen) atoms. The topological polar surface area (TPSA) is 57.3 Å². The van der Waals surface area contributed by atoms with Crippen LogP contribution in [0.5, 0.6) is 0 Å². The van der Waals surface area contributed by atoms with E-state index in [4.69, 9.17) is 0 Å². The third-order valence-electron chi connectivity index (χ3n) is 3.86. The van der Waals surface area contributed by atoms with Crippen molar-refractivity contribution in [1.82, 2.24) is 15.2 Å². The van der Waals surface area contributed by atoms with E-state index in [1.165, 1.54) is 0 Å². The Labute approximate surface area is 127 Å². The molecule has 2 N–H and O–H groups in total. The van der Waals surface area contributed by atoms with E-state index in [1.807, 2.05) is 12.1 Å². The predicted molar refractivity (Wildman–Crippen MR) is 85.6 cm³/mol. The summed E-state index contributed by atoms with van der Waals surface area (Å²) in [6, 6.07) is 3.96. The number of nitrogens with one attached hydrogen (secondary N) is 2. The van der Waals surface area contributed by atoms with Gasteiger partial charge in [-0.2, -0.15) is 0 Å². The zero-order valence-corrected chi connectivity index (χ0v) is 13.1. The summed E-state index contributed by atoms with van der Waals surface area (Å²) in [5.41, 5.74) is 1.44. The summed E-state index contributed by atoms with van der Waals surface area (Å²) < 4.78 is 0. The van der Waals surface area contributed by atoms with Gasteiger partial charge in [0.15, 0.2) is 0 Å². The molecule has 0 radical (unpaired) electrons. The lowest BCUT2D eigenvalue weighted by Crippen LogP contribution is -2.47. The number of hydrogen-bond acceptors (Lipinski definition) is 4. The van der Waals surface area contributed by atoms with E-state index in [9.17, 15) is 4.79 Å². The number of piperidine rings is 1. The van der Waals surface area contributed by atoms with Gasteiger partial charge in [0.1, 0.15) is 5.69 Å². The van der Waals surface area contributed by atoms with E-state index in [2.05, 4.69) is 34.4 Å². The van der Waals surface area contributed by atoms with Crippen molar-refractivity contribution < 1.29 is 4.79 Å². The van der Waals surface area contributed by atoms with Crippen molar-refractivity contribution in [3.63, 3.8) is 0 Å². The number of pyridine rings is 1. The second-order valence-electron chi connectivity index (χ2n) is 5.56. The van der Waals surface area contributed by atoms with Crippen LogP contribution in [0.4, 0.5) is 5.69 Å². The molecular formula is C16H26N4O. The fourth-order valence-corrected chi connectivity index (χ4v) is 2.65. The van der Waals surface area contributed by atoms with Crippen molar-refractivity contribution in [2.75, 3.05) is 31.5 Å². The van der Waals surface area contributed by atoms with Crippen molar-refractivity contribution in [2.45, 2.75) is 39.2 Å². The summed E-state index contributed by atoms with van der Waals surface area (Å²) in [6.45, 7) is 8.30. The Balaban J connectivity index is 1.93. The number of likely N-dealkylation sites (N-methyl/N-ethyl adjacent to an activating group) is 1. The van der Waals surface area contributed by atoms with Crippen molar-refractivity contribution in [3.05, 3.63) is 24.0 Å². The maximum Gasteiger partial charge on any atom is 0.270 e. The van der Waals surface area contributed by atoms with Crippen LogP contribution in [0.25, 0.3) is 0 Å². The van der Waals surface area contributed by atoms with Gasteiger partial charge in [0.05, 0.1) is 0 Å². The first-order valence-electron chi connectivity index (χ1n) is 7.96. The SMILES string of the molecule is CCCNc1ccnc(C(=O)NC2CCCN(CC)C2)c1. The molecule has 1 aromatic heterocycles. The molecule has 0 spiro atoms. The number of aromatic nitrogens is 1. The first-order valence-corrected chi connectivity index (χ1v) is 7.96. The molecule has 1 aliphatic heterocycles. The van der Waals surface area contributed by atoms with Crippen LogP contribution in [0.3, 0.4) is 0 Å². The van der Waals surface area contributed by atoms with E-state index >= 15 is 0 Å². The van der Waals surface area contributed by atoms with Gasteiger partial charge in [-0.25, -0.2) is 0 Å². The normalized spacial score (nSPS) is 19.2. The van der Waals surface area contributed by atoms with E-state index in [-0.39, 0.29) is 11.9 Å². The summed E-state index contributed by atoms with van der Waals surface area (Å²) in [5, 5.41) is 6.39. The number of hydrogen-bond donors (Lipinski definition) is 2. The maximum atomic E-state index is 12.3. The van der Waals surface area contributed by atoms with Gasteiger partial charge < -0.3 is 15.5 Å². The first-order chi connectivity index (χ1) is 10.2. The van der Waals surface area contributed by atoms with Gasteiger partial charge in [0.25, 0.3) is 5.91 Å². The third kappa shape index (κ3) is 4.70. The minimum absolute atomic E-state index is 0.0712. The molecule has 0 aromatic carbocycles. The zero-order chi connectivity index (χ0) is 15.1. The molecule has 2 heterocycles. The number of carbonyl (C=O) groups excluding carboxylic acids is 1. The molecular weight excluding hydrogens is 264 g/mol. The minimum atomic E-state index is -0.0712. The van der Waals surface area contributed by atoms with Crippen LogP contribution in [0.2, 0.25) is 0 Å². The molecule has 1 saturated heterocycles. The van der Waals surface area contributed by atoms with E-state index in [1.54, 1.807) is 6.20 Å². The third-order valence-corrected chi connectivity index (χ3v) is 3.86. The lowest BCUT2D eigenvalue weighted by Gasteiger charge is -2.32. The summed E-state index contributed by atoms with van der Waals surface area (Å²) in [4.78, 5) is 18.9. The van der Waals surface area contributed by atoms with Crippen LogP contribution in [-0.2, 0) is 0 Å². The summed E-state index contributed by atoms with van der Waals surface area (Å²) in [6.07, 6.45) is 4.94. The molecule has 5 nitrogen and oxygen atoms in total. The van der Waals surface area contributed by atoms with Crippen molar-refractivity contribution in [3.8, 4) is 0 Å². The standard InChI is InChI=1S/C16H26N4O/c1-3-8-17-13-7-9-18-15(11-13)16(21)19-14-6-5-10-20(4-2)12-14/h7,9,11,14H,3-6,8,10,12H2,1-2H3,(H,17,18)(H,19,21). The molecule has 116 valence electrons. The molecule has 1 aliphatic rings. The quantitative estimate of drug-likeness (QED) is 0.842. The Kier molecular flexibility index (Phi) is 5.99. The van der Waals surface area contributed by atoms with Crippen LogP contribution in [0.15, 0.2) is 18.3 Å². The van der Waals surface area contributed by atoms with Gasteiger partial charge in [0, 0.05) is 31.0 Å². The number of rotatable bonds is 6. The van der Waals surface area contributed by atoms with Crippen molar-refractivity contribution >= 4 is 11.6 Å². The summed E-state index contributed by atoms with van der Waals surface area (Å²) in [5.74, 6) is -0.0712. The zero-order valence-electron chi connectivity index (χ0n) is 13.1. The highest BCUT2D eigenvalue weighted by atomic mass is 16.1. The van der Waals surface area contributed by atoms with Gasteiger partial charge in [-0.3, -0.25) is 9.78 Å². The summed E-state index contributed by atoms with van der Waals surface area (Å²) >= 11 is 0. The molecule has 5 heteroatoms. The highest BCUT2D eigenvalue weighted by Crippen LogP contribution is 2.12. The molecule has 1 aromatic rings. The first kappa shape index (κ1) is 15.8. The van der Waals surface area contributed by atoms with Gasteiger partial charge in [-0.05, 0) is 44.5 Å². The Morgan fingerprint density at radius 3 is 3.10 bits per heavy atom. The lowest BCUT2D eigenvalue weighted by atomic mass is 10.1. The van der Waals surface area contributed by atoms with Crippen LogP contribution in [0.1, 0.15) is 43.6 Å². The molecule has 1 unspecified atom stereocenters. The van der Waals surface area contributed by atoms with E-state index in [0.717, 1.165) is 51.1 Å². The molecule has 2 rings (SSSR count). The summed E-state index contributed by atoms with van der Waals surface area (Å²) in [7, 11) is 0. The molecule has 0 saturated carbocycles. The van der Waals surface area contributed by atoms with Gasteiger partial charge in [-0.15, -0.1) is 0 Å². The Morgan fingerprint density at radius 2 is 2.33 bits per heavy atom. The Hall–Kier alpha value is -1.62. The molecule has 1 fully saturated rings. The minimum Gasteiger partial charge on any atom is -0.385 e. The van der Waals surface area contributed by atoms with Crippen LogP contribution in [-0.4, -0.2) is 48.0 Å². The van der Waals surface area contributed by atoms with E-state index in [0.29, 0.717) is 5.69 Å². The van der Waals surface area contributed by atoms with Crippen molar-refractivity contribution in [1.29, 1.82) is 0 Å².